The van der Waals surface area contributed by atoms with Crippen LogP contribution in [0, 0.1) is 19.8 Å². The molecule has 0 unspecified atom stereocenters. The first kappa shape index (κ1) is 13.4. The standard InChI is InChI=1S/C16H21NO3/c1-11-3-4-12(2)14(7-11)20-8-15(18)17-9-16(19,10-17)13-5-6-13/h3-4,7,13,19H,5-6,8-10H2,1-2H3. The molecule has 20 heavy (non-hydrogen) atoms. The fourth-order valence-electron chi connectivity index (χ4n) is 2.76. The van der Waals surface area contributed by atoms with E-state index in [1.165, 1.54) is 0 Å². The number of nitrogens with zero attached hydrogens (tertiary/aromatic N) is 1. The van der Waals surface area contributed by atoms with Gasteiger partial charge in [0, 0.05) is 0 Å². The molecule has 1 aromatic rings. The molecule has 1 saturated carbocycles. The molecule has 0 bridgehead atoms. The van der Waals surface area contributed by atoms with Crippen molar-refractivity contribution in [1.29, 1.82) is 0 Å². The van der Waals surface area contributed by atoms with Crippen molar-refractivity contribution in [3.63, 3.8) is 0 Å². The number of amides is 1. The molecule has 4 heteroatoms. The second kappa shape index (κ2) is 4.77. The average Bonchev–Trinajstić information content (AvgIpc) is 3.20. The smallest absolute Gasteiger partial charge is 0.260 e. The zero-order valence-corrected chi connectivity index (χ0v) is 12.1. The van der Waals surface area contributed by atoms with Gasteiger partial charge in [-0.3, -0.25) is 4.79 Å². The fourth-order valence-corrected chi connectivity index (χ4v) is 2.76. The van der Waals surface area contributed by atoms with Crippen molar-refractivity contribution >= 4 is 5.91 Å². The Hall–Kier alpha value is -1.55. The van der Waals surface area contributed by atoms with E-state index in [4.69, 9.17) is 4.74 Å². The van der Waals surface area contributed by atoms with Crippen molar-refractivity contribution in [3.8, 4) is 5.75 Å². The molecule has 3 rings (SSSR count). The molecule has 2 fully saturated rings. The van der Waals surface area contributed by atoms with Crippen molar-refractivity contribution < 1.29 is 14.6 Å². The van der Waals surface area contributed by atoms with Gasteiger partial charge in [-0.2, -0.15) is 0 Å². The van der Waals surface area contributed by atoms with Crippen LogP contribution >= 0.6 is 0 Å². The van der Waals surface area contributed by atoms with Crippen LogP contribution in [0.15, 0.2) is 18.2 Å². The minimum absolute atomic E-state index is 0.0452. The van der Waals surface area contributed by atoms with Gasteiger partial charge in [-0.1, -0.05) is 12.1 Å². The molecular weight excluding hydrogens is 254 g/mol. The molecule has 1 aliphatic carbocycles. The van der Waals surface area contributed by atoms with Crippen LogP contribution in [0.25, 0.3) is 0 Å². The third-order valence-electron chi connectivity index (χ3n) is 4.31. The van der Waals surface area contributed by atoms with E-state index in [0.717, 1.165) is 29.7 Å². The number of aliphatic hydroxyl groups is 1. The van der Waals surface area contributed by atoms with Gasteiger partial charge in [0.2, 0.25) is 0 Å². The fraction of sp³-hybridized carbons (Fsp3) is 0.562. The first-order valence-electron chi connectivity index (χ1n) is 7.18. The maximum atomic E-state index is 12.0. The summed E-state index contributed by atoms with van der Waals surface area (Å²) >= 11 is 0. The molecule has 0 radical (unpaired) electrons. The number of β-amino-alcohol motifs (C(OH)–C–C–N with tert-alkyl or cyclic N) is 1. The maximum absolute atomic E-state index is 12.0. The molecule has 1 heterocycles. The number of ether oxygens (including phenoxy) is 1. The highest BCUT2D eigenvalue weighted by atomic mass is 16.5. The van der Waals surface area contributed by atoms with Gasteiger partial charge in [-0.15, -0.1) is 0 Å². The summed E-state index contributed by atoms with van der Waals surface area (Å²) in [6.45, 7) is 4.94. The summed E-state index contributed by atoms with van der Waals surface area (Å²) in [5.41, 5.74) is 1.53. The lowest BCUT2D eigenvalue weighted by molar-refractivity contribution is -0.161. The summed E-state index contributed by atoms with van der Waals surface area (Å²) in [6.07, 6.45) is 2.19. The average molecular weight is 275 g/mol. The number of hydrogen-bond donors (Lipinski definition) is 1. The van der Waals surface area contributed by atoms with Crippen molar-refractivity contribution in [1.82, 2.24) is 4.90 Å². The van der Waals surface area contributed by atoms with Crippen LogP contribution in [0.5, 0.6) is 5.75 Å². The molecule has 0 aromatic heterocycles. The maximum Gasteiger partial charge on any atom is 0.260 e. The van der Waals surface area contributed by atoms with E-state index in [1.807, 2.05) is 32.0 Å². The third-order valence-corrected chi connectivity index (χ3v) is 4.31. The molecule has 2 aliphatic rings. The van der Waals surface area contributed by atoms with Crippen LogP contribution in [0.2, 0.25) is 0 Å². The normalized spacial score (nSPS) is 20.4. The lowest BCUT2D eigenvalue weighted by Crippen LogP contribution is -2.65. The Bertz CT molecular complexity index is 531. The highest BCUT2D eigenvalue weighted by molar-refractivity contribution is 5.79. The first-order valence-corrected chi connectivity index (χ1v) is 7.18. The predicted octanol–water partition coefficient (Wildman–Crippen LogP) is 1.67. The molecule has 0 atom stereocenters. The van der Waals surface area contributed by atoms with Crippen molar-refractivity contribution in [2.24, 2.45) is 5.92 Å². The van der Waals surface area contributed by atoms with E-state index in [-0.39, 0.29) is 12.5 Å². The second-order valence-corrected chi connectivity index (χ2v) is 6.19. The van der Waals surface area contributed by atoms with Gasteiger partial charge in [0.15, 0.2) is 6.61 Å². The minimum atomic E-state index is -0.616. The van der Waals surface area contributed by atoms with Gasteiger partial charge < -0.3 is 14.7 Å². The third kappa shape index (κ3) is 2.52. The van der Waals surface area contributed by atoms with E-state index in [1.54, 1.807) is 4.90 Å². The monoisotopic (exact) mass is 275 g/mol. The Kier molecular flexibility index (Phi) is 3.21. The highest BCUT2D eigenvalue weighted by Gasteiger charge is 2.53. The minimum Gasteiger partial charge on any atom is -0.483 e. The zero-order valence-electron chi connectivity index (χ0n) is 12.1. The zero-order chi connectivity index (χ0) is 14.3. The predicted molar refractivity (Wildman–Crippen MR) is 75.7 cm³/mol. The van der Waals surface area contributed by atoms with Gasteiger partial charge in [-0.25, -0.2) is 0 Å². The van der Waals surface area contributed by atoms with Crippen LogP contribution < -0.4 is 4.74 Å². The molecule has 1 aliphatic heterocycles. The summed E-state index contributed by atoms with van der Waals surface area (Å²) < 4.78 is 5.61. The number of carbonyl (C=O) groups excluding carboxylic acids is 1. The second-order valence-electron chi connectivity index (χ2n) is 6.19. The van der Waals surface area contributed by atoms with E-state index in [9.17, 15) is 9.90 Å². The number of hydrogen-bond acceptors (Lipinski definition) is 3. The summed E-state index contributed by atoms with van der Waals surface area (Å²) in [5.74, 6) is 1.12. The number of carbonyl (C=O) groups is 1. The SMILES string of the molecule is Cc1ccc(C)c(OCC(=O)N2CC(O)(C3CC3)C2)c1. The van der Waals surface area contributed by atoms with Gasteiger partial charge in [0.1, 0.15) is 11.4 Å². The van der Waals surface area contributed by atoms with E-state index in [2.05, 4.69) is 0 Å². The Morgan fingerprint density at radius 2 is 2.10 bits per heavy atom. The molecule has 1 aromatic carbocycles. The van der Waals surface area contributed by atoms with Gasteiger partial charge in [-0.05, 0) is 49.8 Å². The Morgan fingerprint density at radius 3 is 2.75 bits per heavy atom. The lowest BCUT2D eigenvalue weighted by atomic mass is 9.89. The van der Waals surface area contributed by atoms with Crippen molar-refractivity contribution in [2.45, 2.75) is 32.3 Å². The number of likely N-dealkylation sites (tertiary alicyclic amines) is 1. The quantitative estimate of drug-likeness (QED) is 0.909. The summed E-state index contributed by atoms with van der Waals surface area (Å²) in [4.78, 5) is 13.7. The molecule has 1 saturated heterocycles. The number of benzene rings is 1. The number of rotatable bonds is 4. The van der Waals surface area contributed by atoms with Crippen molar-refractivity contribution in [3.05, 3.63) is 29.3 Å². The summed E-state index contributed by atoms with van der Waals surface area (Å²) in [6, 6.07) is 5.96. The molecule has 1 amide bonds. The summed E-state index contributed by atoms with van der Waals surface area (Å²) in [7, 11) is 0. The Balaban J connectivity index is 1.51. The molecular formula is C16H21NO3. The van der Waals surface area contributed by atoms with Crippen LogP contribution in [0.1, 0.15) is 24.0 Å². The molecule has 4 nitrogen and oxygen atoms in total. The van der Waals surface area contributed by atoms with Crippen LogP contribution in [-0.2, 0) is 4.79 Å². The molecule has 1 N–H and O–H groups in total. The lowest BCUT2D eigenvalue weighted by Gasteiger charge is -2.46. The van der Waals surface area contributed by atoms with Crippen molar-refractivity contribution in [2.75, 3.05) is 19.7 Å². The molecule has 0 spiro atoms. The first-order chi connectivity index (χ1) is 9.48. The Labute approximate surface area is 119 Å². The largest absolute Gasteiger partial charge is 0.483 e. The van der Waals surface area contributed by atoms with Crippen LogP contribution in [0.3, 0.4) is 0 Å². The highest BCUT2D eigenvalue weighted by Crippen LogP contribution is 2.44. The van der Waals surface area contributed by atoms with Crippen LogP contribution in [0.4, 0.5) is 0 Å². The van der Waals surface area contributed by atoms with Gasteiger partial charge in [0.05, 0.1) is 13.1 Å². The van der Waals surface area contributed by atoms with E-state index >= 15 is 0 Å². The number of aryl methyl sites for hydroxylation is 2. The molecule has 108 valence electrons. The van der Waals surface area contributed by atoms with Gasteiger partial charge >= 0.3 is 0 Å². The van der Waals surface area contributed by atoms with Crippen LogP contribution in [-0.4, -0.2) is 41.2 Å². The summed E-state index contributed by atoms with van der Waals surface area (Å²) in [5, 5.41) is 10.2. The Morgan fingerprint density at radius 1 is 1.40 bits per heavy atom. The van der Waals surface area contributed by atoms with E-state index in [0.29, 0.717) is 19.0 Å². The topological polar surface area (TPSA) is 49.8 Å². The van der Waals surface area contributed by atoms with E-state index < -0.39 is 5.60 Å². The van der Waals surface area contributed by atoms with Gasteiger partial charge in [0.25, 0.3) is 5.91 Å².